The summed E-state index contributed by atoms with van der Waals surface area (Å²) >= 11 is 0. The maximum absolute atomic E-state index is 13.6. The molecule has 2 aliphatic rings. The largest absolute Gasteiger partial charge is 0.494 e. The molecule has 14 heteroatoms. The Morgan fingerprint density at radius 3 is 2.58 bits per heavy atom. The normalized spacial score (nSPS) is 13.7. The lowest BCUT2D eigenvalue weighted by Gasteiger charge is -2.27. The summed E-state index contributed by atoms with van der Waals surface area (Å²) in [7, 11) is 6.29. The van der Waals surface area contributed by atoms with Crippen molar-refractivity contribution in [2.45, 2.75) is 12.8 Å². The quantitative estimate of drug-likeness (QED) is 0.232. The van der Waals surface area contributed by atoms with Crippen LogP contribution in [0.2, 0.25) is 0 Å². The van der Waals surface area contributed by atoms with Gasteiger partial charge in [0, 0.05) is 75.4 Å². The number of para-hydroxylation sites is 1. The van der Waals surface area contributed by atoms with Crippen molar-refractivity contribution in [1.82, 2.24) is 30.3 Å². The van der Waals surface area contributed by atoms with E-state index in [9.17, 15) is 19.2 Å². The molecule has 3 heterocycles. The predicted octanol–water partition coefficient (Wildman–Crippen LogP) is 3.19. The average molecular weight is 653 g/mol. The van der Waals surface area contributed by atoms with Crippen LogP contribution in [0.3, 0.4) is 0 Å². The van der Waals surface area contributed by atoms with Crippen LogP contribution in [0.5, 0.6) is 5.75 Å². The summed E-state index contributed by atoms with van der Waals surface area (Å²) in [5.74, 6) is 1.63. The fourth-order valence-corrected chi connectivity index (χ4v) is 5.07. The number of nitrogens with zero attached hydrogens (tertiary/aromatic N) is 5. The molecule has 1 fully saturated rings. The fourth-order valence-electron chi connectivity index (χ4n) is 5.07. The third-order valence-electron chi connectivity index (χ3n) is 7.79. The minimum atomic E-state index is -0.467. The molecular weight excluding hydrogens is 616 g/mol. The number of carbonyl (C=O) groups is 3. The number of rotatable bonds is 13. The third kappa shape index (κ3) is 7.57. The van der Waals surface area contributed by atoms with Gasteiger partial charge in [0.15, 0.2) is 17.5 Å². The van der Waals surface area contributed by atoms with E-state index < -0.39 is 5.91 Å². The van der Waals surface area contributed by atoms with Crippen LogP contribution in [-0.2, 0) is 14.3 Å². The Kier molecular flexibility index (Phi) is 10.6. The highest BCUT2D eigenvalue weighted by molar-refractivity contribution is 6.00. The highest BCUT2D eigenvalue weighted by Crippen LogP contribution is 2.38. The molecule has 3 N–H and O–H groups in total. The molecular formula is C34H36N8O6. The minimum absolute atomic E-state index is 0.0272. The lowest BCUT2D eigenvalue weighted by Crippen LogP contribution is -2.37. The second-order valence-electron chi connectivity index (χ2n) is 11.1. The van der Waals surface area contributed by atoms with Crippen LogP contribution in [0.25, 0.3) is 11.1 Å². The Balaban J connectivity index is 1.40. The van der Waals surface area contributed by atoms with Crippen LogP contribution in [0.15, 0.2) is 72.2 Å². The van der Waals surface area contributed by atoms with Gasteiger partial charge in [-0.1, -0.05) is 24.3 Å². The topological polar surface area (TPSA) is 168 Å². The van der Waals surface area contributed by atoms with E-state index in [-0.39, 0.29) is 48.0 Å². The number of nitrogens with one attached hydrogen (secondary N) is 3. The maximum atomic E-state index is 13.6. The summed E-state index contributed by atoms with van der Waals surface area (Å²) in [4.78, 5) is 57.9. The molecule has 1 saturated carbocycles. The second kappa shape index (κ2) is 15.2. The summed E-state index contributed by atoms with van der Waals surface area (Å²) in [6.45, 7) is 0.744. The van der Waals surface area contributed by atoms with Crippen molar-refractivity contribution in [3.8, 4) is 16.9 Å². The summed E-state index contributed by atoms with van der Waals surface area (Å²) in [6.07, 6.45) is 8.55. The summed E-state index contributed by atoms with van der Waals surface area (Å²) < 4.78 is 11.0. The van der Waals surface area contributed by atoms with Gasteiger partial charge in [-0.3, -0.25) is 19.4 Å². The minimum Gasteiger partial charge on any atom is -0.494 e. The van der Waals surface area contributed by atoms with E-state index in [0.29, 0.717) is 46.1 Å². The van der Waals surface area contributed by atoms with E-state index >= 15 is 0 Å². The van der Waals surface area contributed by atoms with Gasteiger partial charge in [-0.2, -0.15) is 0 Å². The molecule has 0 bridgehead atoms. The van der Waals surface area contributed by atoms with Gasteiger partial charge in [0.05, 0.1) is 25.1 Å². The number of amides is 3. The van der Waals surface area contributed by atoms with Crippen LogP contribution < -0.4 is 20.7 Å². The first-order valence-corrected chi connectivity index (χ1v) is 15.2. The molecule has 0 atom stereocenters. The van der Waals surface area contributed by atoms with Gasteiger partial charge in [-0.15, -0.1) is 10.2 Å². The molecule has 3 aromatic rings. The van der Waals surface area contributed by atoms with Gasteiger partial charge >= 0.3 is 0 Å². The molecule has 1 aromatic carbocycles. The van der Waals surface area contributed by atoms with Crippen LogP contribution in [-0.4, -0.2) is 96.7 Å². The van der Waals surface area contributed by atoms with Crippen molar-refractivity contribution in [2.24, 2.45) is 5.92 Å². The van der Waals surface area contributed by atoms with Gasteiger partial charge < -0.3 is 35.2 Å². The lowest BCUT2D eigenvalue weighted by molar-refractivity contribution is -0.117. The van der Waals surface area contributed by atoms with E-state index in [2.05, 4.69) is 31.1 Å². The number of allylic oxidation sites excluding steroid dienone is 2. The molecule has 3 amide bonds. The van der Waals surface area contributed by atoms with Crippen LogP contribution >= 0.6 is 0 Å². The Bertz CT molecular complexity index is 1810. The molecule has 0 unspecified atom stereocenters. The molecule has 0 saturated heterocycles. The van der Waals surface area contributed by atoms with Gasteiger partial charge in [0.2, 0.25) is 5.91 Å². The van der Waals surface area contributed by atoms with Crippen LogP contribution in [0, 0.1) is 5.92 Å². The van der Waals surface area contributed by atoms with Gasteiger partial charge in [-0.05, 0) is 31.1 Å². The van der Waals surface area contributed by atoms with Crippen molar-refractivity contribution >= 4 is 40.9 Å². The van der Waals surface area contributed by atoms with Crippen LogP contribution in [0.4, 0.5) is 17.2 Å². The molecule has 5 rings (SSSR count). The van der Waals surface area contributed by atoms with E-state index in [1.165, 1.54) is 14.2 Å². The maximum Gasteiger partial charge on any atom is 0.273 e. The predicted molar refractivity (Wildman–Crippen MR) is 178 cm³/mol. The fraction of sp³-hybridized carbons (Fsp3) is 0.294. The van der Waals surface area contributed by atoms with E-state index in [1.807, 2.05) is 12.0 Å². The zero-order valence-corrected chi connectivity index (χ0v) is 27.1. The van der Waals surface area contributed by atoms with Crippen molar-refractivity contribution in [2.75, 3.05) is 58.6 Å². The first-order valence-electron chi connectivity index (χ1n) is 15.2. The average Bonchev–Trinajstić information content (AvgIpc) is 3.96. The lowest BCUT2D eigenvalue weighted by atomic mass is 10.0. The molecule has 2 aromatic heterocycles. The Hall–Kier alpha value is -5.85. The van der Waals surface area contributed by atoms with E-state index in [4.69, 9.17) is 9.47 Å². The molecule has 1 aliphatic heterocycles. The number of pyridine rings is 1. The molecule has 14 nitrogen and oxygen atoms in total. The molecule has 0 spiro atoms. The number of benzene rings is 1. The van der Waals surface area contributed by atoms with E-state index in [1.54, 1.807) is 78.8 Å². The third-order valence-corrected chi connectivity index (χ3v) is 7.79. The molecule has 48 heavy (non-hydrogen) atoms. The SMILES string of the molecule is CNC(=O)c1nnc(NC(=O)C2CC2)cc1Nc1cccc(-c2ccc(C(=O)N(CCOC)CC3=CC=CN(C)C3=C=O)nc2)c1OC. The van der Waals surface area contributed by atoms with Crippen molar-refractivity contribution in [1.29, 1.82) is 0 Å². The Morgan fingerprint density at radius 1 is 1.10 bits per heavy atom. The highest BCUT2D eigenvalue weighted by Gasteiger charge is 2.30. The zero-order chi connectivity index (χ0) is 34.2. The molecule has 1 aliphatic carbocycles. The number of ether oxygens (including phenoxy) is 2. The standard InChI is InChI=1S/C34H36N8O6/c1-35-33(45)30-27(17-29(39-40-30)38-32(44)21-10-11-21)37-25-9-5-8-24(31(25)48-4)22-12-13-26(36-18-22)34(46)42(15-16-47-3)19-23-7-6-14-41(2)28(23)20-43/h5-9,12-14,17-18,21H,10-11,15-16,19H2,1-4H3,(H,35,45)(H2,37,38,39,44). The van der Waals surface area contributed by atoms with Crippen molar-refractivity contribution in [3.63, 3.8) is 0 Å². The number of hydrogen-bond acceptors (Lipinski definition) is 11. The molecule has 0 radical (unpaired) electrons. The van der Waals surface area contributed by atoms with Gasteiger partial charge in [-0.25, -0.2) is 4.79 Å². The van der Waals surface area contributed by atoms with Gasteiger partial charge in [0.25, 0.3) is 11.8 Å². The second-order valence-corrected chi connectivity index (χ2v) is 11.1. The highest BCUT2D eigenvalue weighted by atomic mass is 16.5. The number of carbonyl (C=O) groups excluding carboxylic acids is 4. The first-order chi connectivity index (χ1) is 23.3. The monoisotopic (exact) mass is 652 g/mol. The first kappa shape index (κ1) is 33.5. The summed E-state index contributed by atoms with van der Waals surface area (Å²) in [5.41, 5.74) is 3.38. The van der Waals surface area contributed by atoms with Crippen LogP contribution in [0.1, 0.15) is 33.8 Å². The Labute approximate surface area is 277 Å². The number of hydrogen-bond donors (Lipinski definition) is 3. The Morgan fingerprint density at radius 2 is 1.92 bits per heavy atom. The van der Waals surface area contributed by atoms with Crippen molar-refractivity contribution in [3.05, 3.63) is 83.6 Å². The summed E-state index contributed by atoms with van der Waals surface area (Å²) in [6, 6.07) is 10.3. The molecule has 248 valence electrons. The number of methoxy groups -OCH3 is 2. The number of anilines is 3. The number of likely N-dealkylation sites (N-methyl/N-ethyl adjacent to an activating group) is 1. The smallest absolute Gasteiger partial charge is 0.273 e. The zero-order valence-electron chi connectivity index (χ0n) is 27.1. The van der Waals surface area contributed by atoms with E-state index in [0.717, 1.165) is 12.8 Å². The van der Waals surface area contributed by atoms with Gasteiger partial charge in [0.1, 0.15) is 17.1 Å². The van der Waals surface area contributed by atoms with Crippen molar-refractivity contribution < 1.29 is 28.7 Å². The summed E-state index contributed by atoms with van der Waals surface area (Å²) in [5, 5.41) is 16.6. The number of aromatic nitrogens is 3.